The van der Waals surface area contributed by atoms with Crippen LogP contribution in [0.25, 0.3) is 0 Å². The van der Waals surface area contributed by atoms with Gasteiger partial charge in [-0.25, -0.2) is 0 Å². The molecule has 3 rings (SSSR count). The zero-order valence-electron chi connectivity index (χ0n) is 15.4. The molecule has 0 spiro atoms. The SMILES string of the molecule is COc1ccc(N2CC(C(=O)Nc3ccc(Cl)cc3C)CC2=O)cc1OC. The molecule has 0 bridgehead atoms. The number of aryl methyl sites for hydroxylation is 1. The molecular formula is C20H21ClN2O4. The summed E-state index contributed by atoms with van der Waals surface area (Å²) in [6, 6.07) is 10.5. The number of methoxy groups -OCH3 is 2. The summed E-state index contributed by atoms with van der Waals surface area (Å²) in [5, 5.41) is 3.50. The third kappa shape index (κ3) is 4.01. The Hall–Kier alpha value is -2.73. The van der Waals surface area contributed by atoms with Gasteiger partial charge in [0.25, 0.3) is 0 Å². The Morgan fingerprint density at radius 2 is 1.89 bits per heavy atom. The largest absolute Gasteiger partial charge is 0.493 e. The van der Waals surface area contributed by atoms with E-state index in [0.29, 0.717) is 34.4 Å². The third-order valence-electron chi connectivity index (χ3n) is 4.62. The number of hydrogen-bond acceptors (Lipinski definition) is 4. The molecule has 0 radical (unpaired) electrons. The van der Waals surface area contributed by atoms with Crippen LogP contribution in [0, 0.1) is 12.8 Å². The quantitative estimate of drug-likeness (QED) is 0.848. The van der Waals surface area contributed by atoms with Crippen molar-refractivity contribution in [2.45, 2.75) is 13.3 Å². The van der Waals surface area contributed by atoms with Gasteiger partial charge in [0.2, 0.25) is 11.8 Å². The van der Waals surface area contributed by atoms with Gasteiger partial charge in [0, 0.05) is 35.4 Å². The molecule has 1 aliphatic heterocycles. The lowest BCUT2D eigenvalue weighted by atomic mass is 10.1. The van der Waals surface area contributed by atoms with Crippen LogP contribution in [0.4, 0.5) is 11.4 Å². The zero-order valence-corrected chi connectivity index (χ0v) is 16.2. The molecule has 1 heterocycles. The first kappa shape index (κ1) is 19.0. The summed E-state index contributed by atoms with van der Waals surface area (Å²) in [7, 11) is 3.09. The van der Waals surface area contributed by atoms with Gasteiger partial charge in [0.05, 0.1) is 20.1 Å². The van der Waals surface area contributed by atoms with Crippen molar-refractivity contribution in [1.29, 1.82) is 0 Å². The van der Waals surface area contributed by atoms with Gasteiger partial charge in [0.15, 0.2) is 11.5 Å². The van der Waals surface area contributed by atoms with E-state index in [4.69, 9.17) is 21.1 Å². The van der Waals surface area contributed by atoms with Crippen LogP contribution in [0.5, 0.6) is 11.5 Å². The number of benzene rings is 2. The molecule has 2 aromatic carbocycles. The van der Waals surface area contributed by atoms with Crippen molar-refractivity contribution in [2.24, 2.45) is 5.92 Å². The number of hydrogen-bond donors (Lipinski definition) is 1. The predicted molar refractivity (Wildman–Crippen MR) is 105 cm³/mol. The van der Waals surface area contributed by atoms with Crippen molar-refractivity contribution in [1.82, 2.24) is 0 Å². The average molecular weight is 389 g/mol. The first-order chi connectivity index (χ1) is 12.9. The lowest BCUT2D eigenvalue weighted by Crippen LogP contribution is -2.28. The Labute approximate surface area is 163 Å². The predicted octanol–water partition coefficient (Wildman–Crippen LogP) is 3.66. The van der Waals surface area contributed by atoms with Crippen LogP contribution in [0.15, 0.2) is 36.4 Å². The minimum Gasteiger partial charge on any atom is -0.493 e. The fraction of sp³-hybridized carbons (Fsp3) is 0.300. The number of anilines is 2. The van der Waals surface area contributed by atoms with E-state index in [1.165, 1.54) is 7.11 Å². The normalized spacial score (nSPS) is 16.4. The van der Waals surface area contributed by atoms with E-state index in [9.17, 15) is 9.59 Å². The smallest absolute Gasteiger partial charge is 0.229 e. The van der Waals surface area contributed by atoms with Crippen LogP contribution in [0.3, 0.4) is 0 Å². The van der Waals surface area contributed by atoms with E-state index in [0.717, 1.165) is 5.56 Å². The van der Waals surface area contributed by atoms with E-state index < -0.39 is 5.92 Å². The van der Waals surface area contributed by atoms with Crippen LogP contribution in [0.2, 0.25) is 5.02 Å². The Balaban J connectivity index is 1.74. The molecule has 7 heteroatoms. The molecule has 0 aliphatic carbocycles. The number of carbonyl (C=O) groups is 2. The van der Waals surface area contributed by atoms with E-state index in [-0.39, 0.29) is 18.2 Å². The van der Waals surface area contributed by atoms with Crippen molar-refractivity contribution >= 4 is 34.8 Å². The minimum absolute atomic E-state index is 0.102. The van der Waals surface area contributed by atoms with Crippen molar-refractivity contribution in [3.8, 4) is 11.5 Å². The number of nitrogens with zero attached hydrogens (tertiary/aromatic N) is 1. The second-order valence-electron chi connectivity index (χ2n) is 6.39. The summed E-state index contributed by atoms with van der Waals surface area (Å²) in [4.78, 5) is 26.7. The third-order valence-corrected chi connectivity index (χ3v) is 4.86. The van der Waals surface area contributed by atoms with E-state index >= 15 is 0 Å². The summed E-state index contributed by atoms with van der Waals surface area (Å²) in [5.41, 5.74) is 2.24. The Morgan fingerprint density at radius 1 is 1.15 bits per heavy atom. The summed E-state index contributed by atoms with van der Waals surface area (Å²) in [6.45, 7) is 2.18. The monoisotopic (exact) mass is 388 g/mol. The average Bonchev–Trinajstić information content (AvgIpc) is 3.05. The highest BCUT2D eigenvalue weighted by molar-refractivity contribution is 6.30. The fourth-order valence-corrected chi connectivity index (χ4v) is 3.35. The molecule has 0 saturated carbocycles. The number of rotatable bonds is 5. The van der Waals surface area contributed by atoms with Gasteiger partial charge in [-0.1, -0.05) is 11.6 Å². The number of amides is 2. The van der Waals surface area contributed by atoms with E-state index in [2.05, 4.69) is 5.32 Å². The van der Waals surface area contributed by atoms with Gasteiger partial charge in [-0.05, 0) is 42.8 Å². The van der Waals surface area contributed by atoms with E-state index in [1.807, 2.05) is 6.92 Å². The topological polar surface area (TPSA) is 67.9 Å². The maximum Gasteiger partial charge on any atom is 0.229 e. The molecular weight excluding hydrogens is 368 g/mol. The van der Waals surface area contributed by atoms with Crippen molar-refractivity contribution < 1.29 is 19.1 Å². The van der Waals surface area contributed by atoms with Gasteiger partial charge in [-0.2, -0.15) is 0 Å². The Kier molecular flexibility index (Phi) is 5.56. The molecule has 1 N–H and O–H groups in total. The highest BCUT2D eigenvalue weighted by atomic mass is 35.5. The molecule has 1 aliphatic rings. The molecule has 1 saturated heterocycles. The summed E-state index contributed by atoms with van der Waals surface area (Å²) >= 11 is 5.95. The fourth-order valence-electron chi connectivity index (χ4n) is 3.13. The minimum atomic E-state index is -0.430. The summed E-state index contributed by atoms with van der Waals surface area (Å²) in [6.07, 6.45) is 0.160. The summed E-state index contributed by atoms with van der Waals surface area (Å²) < 4.78 is 10.5. The number of nitrogens with one attached hydrogen (secondary N) is 1. The van der Waals surface area contributed by atoms with Crippen LogP contribution >= 0.6 is 11.6 Å². The van der Waals surface area contributed by atoms with E-state index in [1.54, 1.807) is 48.4 Å². The van der Waals surface area contributed by atoms with Crippen LogP contribution in [-0.2, 0) is 9.59 Å². The standard InChI is InChI=1S/C20H21ClN2O4/c1-12-8-14(21)4-6-16(12)22-20(25)13-9-19(24)23(11-13)15-5-7-17(26-2)18(10-15)27-3/h4-8,10,13H,9,11H2,1-3H3,(H,22,25). The Bertz CT molecular complexity index is 884. The lowest BCUT2D eigenvalue weighted by molar-refractivity contribution is -0.122. The van der Waals surface area contributed by atoms with Gasteiger partial charge in [0.1, 0.15) is 0 Å². The number of ether oxygens (including phenoxy) is 2. The lowest BCUT2D eigenvalue weighted by Gasteiger charge is -2.18. The van der Waals surface area contributed by atoms with Gasteiger partial charge in [-0.15, -0.1) is 0 Å². The van der Waals surface area contributed by atoms with Crippen molar-refractivity contribution in [2.75, 3.05) is 31.0 Å². The molecule has 2 amide bonds. The highest BCUT2D eigenvalue weighted by Crippen LogP contribution is 2.34. The second kappa shape index (κ2) is 7.88. The molecule has 6 nitrogen and oxygen atoms in total. The molecule has 1 atom stereocenters. The van der Waals surface area contributed by atoms with Crippen molar-refractivity contribution in [3.63, 3.8) is 0 Å². The highest BCUT2D eigenvalue weighted by Gasteiger charge is 2.35. The second-order valence-corrected chi connectivity index (χ2v) is 6.83. The first-order valence-corrected chi connectivity index (χ1v) is 8.90. The molecule has 1 fully saturated rings. The molecule has 142 valence electrons. The van der Waals surface area contributed by atoms with Crippen LogP contribution in [0.1, 0.15) is 12.0 Å². The van der Waals surface area contributed by atoms with Crippen LogP contribution in [-0.4, -0.2) is 32.6 Å². The summed E-state index contributed by atoms with van der Waals surface area (Å²) in [5.74, 6) is 0.403. The van der Waals surface area contributed by atoms with Crippen molar-refractivity contribution in [3.05, 3.63) is 47.0 Å². The molecule has 0 aromatic heterocycles. The Morgan fingerprint density at radius 3 is 2.56 bits per heavy atom. The maximum absolute atomic E-state index is 12.6. The number of carbonyl (C=O) groups excluding carboxylic acids is 2. The number of halogens is 1. The van der Waals surface area contributed by atoms with Gasteiger partial charge < -0.3 is 19.7 Å². The first-order valence-electron chi connectivity index (χ1n) is 8.52. The van der Waals surface area contributed by atoms with Gasteiger partial charge >= 0.3 is 0 Å². The molecule has 2 aromatic rings. The molecule has 27 heavy (non-hydrogen) atoms. The van der Waals surface area contributed by atoms with Gasteiger partial charge in [-0.3, -0.25) is 9.59 Å². The van der Waals surface area contributed by atoms with Crippen LogP contribution < -0.4 is 19.7 Å². The zero-order chi connectivity index (χ0) is 19.6. The maximum atomic E-state index is 12.6. The molecule has 1 unspecified atom stereocenters.